The molecule has 8 nitrogen and oxygen atoms in total. The summed E-state index contributed by atoms with van der Waals surface area (Å²) in [6.07, 6.45) is 11.7. The van der Waals surface area contributed by atoms with Crippen LogP contribution >= 0.6 is 0 Å². The molecule has 2 atom stereocenters. The number of ether oxygens (including phenoxy) is 1. The number of aliphatic carboxylic acids is 1. The van der Waals surface area contributed by atoms with Crippen molar-refractivity contribution in [2.45, 2.75) is 110 Å². The van der Waals surface area contributed by atoms with Crippen molar-refractivity contribution in [1.82, 2.24) is 15.3 Å². The number of benzene rings is 3. The Bertz CT molecular complexity index is 1710. The maximum Gasteiger partial charge on any atom is 0.326 e. The van der Waals surface area contributed by atoms with E-state index in [1.165, 1.54) is 25.7 Å². The average molecular weight is 706 g/mol. The highest BCUT2D eigenvalue weighted by molar-refractivity contribution is 5.99. The third-order valence-corrected chi connectivity index (χ3v) is 9.39. The Hall–Kier alpha value is -4.85. The fourth-order valence-electron chi connectivity index (χ4n) is 6.05. The van der Waals surface area contributed by atoms with E-state index in [1.54, 1.807) is 24.5 Å². The van der Waals surface area contributed by atoms with E-state index in [2.05, 4.69) is 43.0 Å². The van der Waals surface area contributed by atoms with Gasteiger partial charge in [0.25, 0.3) is 0 Å². The number of amides is 1. The van der Waals surface area contributed by atoms with Gasteiger partial charge in [-0.2, -0.15) is 0 Å². The van der Waals surface area contributed by atoms with E-state index >= 15 is 0 Å². The van der Waals surface area contributed by atoms with E-state index in [0.717, 1.165) is 53.0 Å². The van der Waals surface area contributed by atoms with Crippen LogP contribution in [0.2, 0.25) is 0 Å². The zero-order valence-corrected chi connectivity index (χ0v) is 31.5. The number of hydrogen-bond acceptors (Lipinski definition) is 6. The molecule has 0 radical (unpaired) electrons. The predicted octanol–water partition coefficient (Wildman–Crippen LogP) is 9.65. The molecule has 3 aromatic carbocycles. The Morgan fingerprint density at radius 2 is 1.37 bits per heavy atom. The third kappa shape index (κ3) is 12.1. The molecule has 52 heavy (non-hydrogen) atoms. The fraction of sp³-hybridized carbons (Fsp3) is 0.432. The summed E-state index contributed by atoms with van der Waals surface area (Å²) in [7, 11) is 0. The van der Waals surface area contributed by atoms with Gasteiger partial charge in [-0.25, -0.2) is 14.8 Å². The van der Waals surface area contributed by atoms with Gasteiger partial charge in [-0.1, -0.05) is 134 Å². The second-order valence-electron chi connectivity index (χ2n) is 14.7. The zero-order chi connectivity index (χ0) is 37.5. The first-order valence-electron chi connectivity index (χ1n) is 18.8. The van der Waals surface area contributed by atoms with Gasteiger partial charge >= 0.3 is 5.97 Å². The van der Waals surface area contributed by atoms with Gasteiger partial charge in [-0.3, -0.25) is 9.59 Å². The SMILES string of the molecule is CCCCCCCOc1ccc(-c2cnc(-c3ccc(C[C@H](CC(=O)c4ccc(C(C)(C)C)cc4)C(=O)NC(CCCC)C(=O)O)cc3)nc2)cc1. The van der Waals surface area contributed by atoms with Gasteiger partial charge in [-0.15, -0.1) is 0 Å². The van der Waals surface area contributed by atoms with Crippen molar-refractivity contribution in [2.75, 3.05) is 6.61 Å². The number of nitrogens with one attached hydrogen (secondary N) is 1. The Kier molecular flexibility index (Phi) is 15.1. The van der Waals surface area contributed by atoms with E-state index in [4.69, 9.17) is 4.74 Å². The second-order valence-corrected chi connectivity index (χ2v) is 14.7. The first-order valence-corrected chi connectivity index (χ1v) is 18.8. The predicted molar refractivity (Wildman–Crippen MR) is 208 cm³/mol. The summed E-state index contributed by atoms with van der Waals surface area (Å²) in [5.41, 5.74) is 5.15. The summed E-state index contributed by atoms with van der Waals surface area (Å²) in [5.74, 6) is -0.994. The van der Waals surface area contributed by atoms with Crippen LogP contribution in [0.4, 0.5) is 0 Å². The molecule has 0 saturated heterocycles. The number of aromatic nitrogens is 2. The van der Waals surface area contributed by atoms with Gasteiger partial charge in [-0.05, 0) is 53.5 Å². The van der Waals surface area contributed by atoms with Crippen molar-refractivity contribution in [3.05, 3.63) is 102 Å². The van der Waals surface area contributed by atoms with E-state index in [-0.39, 0.29) is 24.0 Å². The van der Waals surface area contributed by atoms with E-state index in [9.17, 15) is 19.5 Å². The van der Waals surface area contributed by atoms with Crippen molar-refractivity contribution in [3.8, 4) is 28.3 Å². The molecule has 0 saturated carbocycles. The van der Waals surface area contributed by atoms with Crippen molar-refractivity contribution in [3.63, 3.8) is 0 Å². The summed E-state index contributed by atoms with van der Waals surface area (Å²) in [6, 6.07) is 22.1. The molecule has 4 rings (SSSR count). The van der Waals surface area contributed by atoms with Crippen LogP contribution in [0.15, 0.2) is 85.2 Å². The number of nitrogens with zero attached hydrogens (tertiary/aromatic N) is 2. The highest BCUT2D eigenvalue weighted by atomic mass is 16.5. The van der Waals surface area contributed by atoms with Crippen molar-refractivity contribution >= 4 is 17.7 Å². The number of hydrogen-bond donors (Lipinski definition) is 2. The smallest absolute Gasteiger partial charge is 0.326 e. The lowest BCUT2D eigenvalue weighted by Crippen LogP contribution is -2.44. The van der Waals surface area contributed by atoms with Gasteiger partial charge in [0.2, 0.25) is 5.91 Å². The van der Waals surface area contributed by atoms with Crippen LogP contribution in [0.25, 0.3) is 22.5 Å². The van der Waals surface area contributed by atoms with Crippen LogP contribution in [0.3, 0.4) is 0 Å². The molecule has 1 aromatic heterocycles. The van der Waals surface area contributed by atoms with Gasteiger partial charge in [0.15, 0.2) is 11.6 Å². The fourth-order valence-corrected chi connectivity index (χ4v) is 6.05. The van der Waals surface area contributed by atoms with Gasteiger partial charge in [0, 0.05) is 41.4 Å². The van der Waals surface area contributed by atoms with Crippen LogP contribution in [0.1, 0.15) is 114 Å². The van der Waals surface area contributed by atoms with Crippen LogP contribution in [-0.4, -0.2) is 45.4 Å². The highest BCUT2D eigenvalue weighted by Gasteiger charge is 2.28. The minimum absolute atomic E-state index is 0.0424. The third-order valence-electron chi connectivity index (χ3n) is 9.39. The zero-order valence-electron chi connectivity index (χ0n) is 31.5. The molecule has 0 fully saturated rings. The summed E-state index contributed by atoms with van der Waals surface area (Å²) >= 11 is 0. The number of carboxylic acids is 1. The summed E-state index contributed by atoms with van der Waals surface area (Å²) in [5, 5.41) is 12.5. The number of rotatable bonds is 20. The number of carboxylic acid groups (broad SMARTS) is 1. The molecule has 0 aliphatic heterocycles. The summed E-state index contributed by atoms with van der Waals surface area (Å²) in [4.78, 5) is 48.2. The van der Waals surface area contributed by atoms with Crippen molar-refractivity contribution in [1.29, 1.82) is 0 Å². The Morgan fingerprint density at radius 1 is 0.750 bits per heavy atom. The highest BCUT2D eigenvalue weighted by Crippen LogP contribution is 2.26. The molecular weight excluding hydrogens is 651 g/mol. The molecule has 0 bridgehead atoms. The normalized spacial score (nSPS) is 12.6. The molecule has 1 unspecified atom stereocenters. The first-order chi connectivity index (χ1) is 25.0. The minimum atomic E-state index is -1.07. The monoisotopic (exact) mass is 705 g/mol. The second kappa shape index (κ2) is 19.7. The molecule has 1 amide bonds. The number of unbranched alkanes of at least 4 members (excludes halogenated alkanes) is 5. The molecule has 4 aromatic rings. The van der Waals surface area contributed by atoms with Gasteiger partial charge in [0.05, 0.1) is 6.61 Å². The Balaban J connectivity index is 1.43. The van der Waals surface area contributed by atoms with Crippen LogP contribution in [0.5, 0.6) is 5.75 Å². The molecule has 8 heteroatoms. The number of carbonyl (C=O) groups is 3. The number of ketones is 1. The lowest BCUT2D eigenvalue weighted by atomic mass is 9.85. The largest absolute Gasteiger partial charge is 0.494 e. The number of Topliss-reactive ketones (excluding diaryl/α,β-unsaturated/α-hetero) is 1. The molecule has 0 spiro atoms. The molecule has 0 aliphatic rings. The average Bonchev–Trinajstić information content (AvgIpc) is 3.14. The van der Waals surface area contributed by atoms with E-state index in [1.807, 2.05) is 67.6 Å². The Labute approximate surface area is 309 Å². The number of carbonyl (C=O) groups excluding carboxylic acids is 2. The Morgan fingerprint density at radius 3 is 1.96 bits per heavy atom. The quantitative estimate of drug-likeness (QED) is 0.0694. The topological polar surface area (TPSA) is 118 Å². The molecule has 0 aliphatic carbocycles. The lowest BCUT2D eigenvalue weighted by molar-refractivity contribution is -0.142. The van der Waals surface area contributed by atoms with Crippen LogP contribution < -0.4 is 10.1 Å². The molecular formula is C44H55N3O5. The van der Waals surface area contributed by atoms with Gasteiger partial charge < -0.3 is 15.2 Å². The molecule has 276 valence electrons. The first kappa shape index (κ1) is 39.9. The van der Waals surface area contributed by atoms with Crippen molar-refractivity contribution < 1.29 is 24.2 Å². The van der Waals surface area contributed by atoms with Gasteiger partial charge in [0.1, 0.15) is 11.8 Å². The standard InChI is InChI=1S/C44H55N3O5/c1-6-8-10-11-12-26-52-38-24-20-32(21-25-38)36-29-45-41(46-30-36)34-16-14-31(15-17-34)27-35(42(49)47-39(43(50)51)13-9-7-2)28-40(48)33-18-22-37(23-19-33)44(3,4)5/h14-25,29-30,35,39H,6-13,26-28H2,1-5H3,(H,47,49)(H,50,51)/t35-,39?/m1/s1. The maximum atomic E-state index is 13.6. The van der Waals surface area contributed by atoms with E-state index in [0.29, 0.717) is 24.2 Å². The minimum Gasteiger partial charge on any atom is -0.494 e. The van der Waals surface area contributed by atoms with Crippen molar-refractivity contribution in [2.24, 2.45) is 5.92 Å². The molecule has 1 heterocycles. The lowest BCUT2D eigenvalue weighted by Gasteiger charge is -2.21. The van der Waals surface area contributed by atoms with Crippen LogP contribution in [-0.2, 0) is 21.4 Å². The van der Waals surface area contributed by atoms with Crippen LogP contribution in [0, 0.1) is 5.92 Å². The molecule has 2 N–H and O–H groups in total. The maximum absolute atomic E-state index is 13.6. The summed E-state index contributed by atoms with van der Waals surface area (Å²) in [6.45, 7) is 11.3. The van der Waals surface area contributed by atoms with E-state index < -0.39 is 23.8 Å². The summed E-state index contributed by atoms with van der Waals surface area (Å²) < 4.78 is 5.90.